The molecular formula is C21H21FN2O7S. The summed E-state index contributed by atoms with van der Waals surface area (Å²) in [6.07, 6.45) is 1.36. The normalized spacial score (nSPS) is 22.5. The van der Waals surface area contributed by atoms with Crippen LogP contribution in [-0.4, -0.2) is 57.4 Å². The van der Waals surface area contributed by atoms with Crippen LogP contribution in [0.2, 0.25) is 0 Å². The van der Waals surface area contributed by atoms with Gasteiger partial charge in [-0.25, -0.2) is 4.98 Å². The van der Waals surface area contributed by atoms with Crippen molar-refractivity contribution in [1.29, 1.82) is 0 Å². The van der Waals surface area contributed by atoms with Gasteiger partial charge in [-0.05, 0) is 23.8 Å². The molecule has 170 valence electrons. The summed E-state index contributed by atoms with van der Waals surface area (Å²) in [6.45, 7) is 3.56. The molecule has 4 atom stereocenters. The third-order valence-electron chi connectivity index (χ3n) is 4.37. The van der Waals surface area contributed by atoms with Gasteiger partial charge in [0.25, 0.3) is 5.95 Å². The van der Waals surface area contributed by atoms with Crippen molar-refractivity contribution in [3.63, 3.8) is 0 Å². The maximum atomic E-state index is 14.5. The highest BCUT2D eigenvalue weighted by atomic mass is 32.2. The predicted molar refractivity (Wildman–Crippen MR) is 111 cm³/mol. The van der Waals surface area contributed by atoms with Crippen molar-refractivity contribution >= 4 is 29.7 Å². The zero-order valence-electron chi connectivity index (χ0n) is 17.5. The summed E-state index contributed by atoms with van der Waals surface area (Å²) in [4.78, 5) is 42.6. The van der Waals surface area contributed by atoms with Gasteiger partial charge in [-0.2, -0.15) is 4.39 Å². The van der Waals surface area contributed by atoms with Crippen molar-refractivity contribution in [2.24, 2.45) is 0 Å². The second-order valence-corrected chi connectivity index (χ2v) is 8.00. The number of carbonyl (C=O) groups is 3. The molecule has 0 radical (unpaired) electrons. The number of nitrogens with zero attached hydrogens (tertiary/aromatic N) is 2. The first-order valence-electron chi connectivity index (χ1n) is 9.60. The third kappa shape index (κ3) is 5.94. The van der Waals surface area contributed by atoms with Gasteiger partial charge < -0.3 is 18.9 Å². The van der Waals surface area contributed by atoms with E-state index in [0.717, 1.165) is 17.3 Å². The van der Waals surface area contributed by atoms with E-state index in [1.165, 1.54) is 33.0 Å². The summed E-state index contributed by atoms with van der Waals surface area (Å²) in [5.74, 6) is -2.80. The minimum atomic E-state index is -1.16. The van der Waals surface area contributed by atoms with Crippen LogP contribution in [-0.2, 0) is 28.6 Å². The van der Waals surface area contributed by atoms with E-state index in [2.05, 4.69) is 9.97 Å². The Bertz CT molecular complexity index is 991. The molecule has 32 heavy (non-hydrogen) atoms. The Kier molecular flexibility index (Phi) is 7.62. The van der Waals surface area contributed by atoms with Gasteiger partial charge in [0.2, 0.25) is 0 Å². The van der Waals surface area contributed by atoms with Crippen LogP contribution in [0.15, 0.2) is 36.8 Å². The summed E-state index contributed by atoms with van der Waals surface area (Å²) < 4.78 is 36.2. The number of aromatic nitrogens is 2. The molecule has 1 aliphatic rings. The minimum absolute atomic E-state index is 0.166. The van der Waals surface area contributed by atoms with E-state index in [4.69, 9.17) is 18.9 Å². The van der Waals surface area contributed by atoms with Crippen LogP contribution in [0, 0.1) is 5.95 Å². The second kappa shape index (κ2) is 10.4. The number of hydrogen-bond donors (Lipinski definition) is 0. The highest BCUT2D eigenvalue weighted by Gasteiger charge is 2.48. The Hall–Kier alpha value is -3.21. The Morgan fingerprint density at radius 1 is 0.969 bits per heavy atom. The maximum Gasteiger partial charge on any atom is 0.303 e. The largest absolute Gasteiger partial charge is 0.471 e. The van der Waals surface area contributed by atoms with Crippen molar-refractivity contribution in [2.75, 3.05) is 5.75 Å². The zero-order chi connectivity index (χ0) is 23.3. The Morgan fingerprint density at radius 3 is 2.22 bits per heavy atom. The van der Waals surface area contributed by atoms with Gasteiger partial charge in [-0.15, -0.1) is 11.8 Å². The van der Waals surface area contributed by atoms with Crippen molar-refractivity contribution in [3.8, 4) is 16.9 Å². The average Bonchev–Trinajstić information content (AvgIpc) is 2.73. The van der Waals surface area contributed by atoms with Crippen molar-refractivity contribution in [1.82, 2.24) is 9.97 Å². The number of halogens is 1. The van der Waals surface area contributed by atoms with Gasteiger partial charge in [0.1, 0.15) is 0 Å². The number of rotatable bonds is 6. The molecule has 2 aromatic heterocycles. The van der Waals surface area contributed by atoms with E-state index < -0.39 is 47.6 Å². The molecule has 0 unspecified atom stereocenters. The molecule has 11 heteroatoms. The van der Waals surface area contributed by atoms with E-state index in [9.17, 15) is 18.8 Å². The van der Waals surface area contributed by atoms with Gasteiger partial charge in [0.05, 0.1) is 0 Å². The van der Waals surface area contributed by atoms with Crippen molar-refractivity contribution in [3.05, 3.63) is 42.7 Å². The topological polar surface area (TPSA) is 114 Å². The second-order valence-electron chi connectivity index (χ2n) is 6.86. The molecule has 1 aliphatic heterocycles. The molecule has 0 amide bonds. The molecule has 0 aromatic carbocycles. The first kappa shape index (κ1) is 23.5. The highest BCUT2D eigenvalue weighted by molar-refractivity contribution is 7.99. The number of esters is 3. The van der Waals surface area contributed by atoms with Crippen LogP contribution in [0.25, 0.3) is 11.1 Å². The fraction of sp³-hybridized carbons (Fsp3) is 0.381. The standard InChI is InChI=1S/C21H21FN2O7S/c1-11(25)28-17-10-32-21(19(30-13(3)27)18(17)29-12(2)26)31-16-8-15(9-24-20(16)22)14-4-6-23-7-5-14/h4-9,17-19,21H,10H2,1-3H3/t17-,18+,19-,21+/m1/s1. The van der Waals surface area contributed by atoms with Gasteiger partial charge in [-0.1, -0.05) is 0 Å². The zero-order valence-corrected chi connectivity index (χ0v) is 18.3. The molecule has 3 rings (SSSR count). The first-order chi connectivity index (χ1) is 15.2. The fourth-order valence-electron chi connectivity index (χ4n) is 3.15. The van der Waals surface area contributed by atoms with Crippen LogP contribution in [0.1, 0.15) is 20.8 Å². The SMILES string of the molecule is CC(=O)O[C@@H]1[C@@H](OC(C)=O)[C@@H](Oc2cc(-c3ccncc3)cnc2F)SC[C@H]1OC(C)=O. The molecule has 0 spiro atoms. The van der Waals surface area contributed by atoms with Gasteiger partial charge >= 0.3 is 17.9 Å². The lowest BCUT2D eigenvalue weighted by atomic mass is 10.1. The van der Waals surface area contributed by atoms with Crippen LogP contribution in [0.5, 0.6) is 5.75 Å². The van der Waals surface area contributed by atoms with Crippen molar-refractivity contribution in [2.45, 2.75) is 44.5 Å². The van der Waals surface area contributed by atoms with E-state index in [1.54, 1.807) is 24.5 Å². The molecule has 1 fully saturated rings. The maximum absolute atomic E-state index is 14.5. The fourth-order valence-corrected chi connectivity index (χ4v) is 4.36. The molecule has 0 bridgehead atoms. The Morgan fingerprint density at radius 2 is 1.59 bits per heavy atom. The summed E-state index contributed by atoms with van der Waals surface area (Å²) in [5, 5.41) is 0. The number of thioether (sulfide) groups is 1. The summed E-state index contributed by atoms with van der Waals surface area (Å²) >= 11 is 1.13. The van der Waals surface area contributed by atoms with Gasteiger partial charge in [0, 0.05) is 50.7 Å². The molecule has 0 aliphatic carbocycles. The van der Waals surface area contributed by atoms with Gasteiger partial charge in [0.15, 0.2) is 29.5 Å². The summed E-state index contributed by atoms with van der Waals surface area (Å²) in [7, 11) is 0. The van der Waals surface area contributed by atoms with E-state index in [1.807, 2.05) is 0 Å². The molecular weight excluding hydrogens is 443 g/mol. The monoisotopic (exact) mass is 464 g/mol. The average molecular weight is 464 g/mol. The first-order valence-corrected chi connectivity index (χ1v) is 10.7. The minimum Gasteiger partial charge on any atom is -0.471 e. The molecule has 0 N–H and O–H groups in total. The van der Waals surface area contributed by atoms with Crippen LogP contribution >= 0.6 is 11.8 Å². The lowest BCUT2D eigenvalue weighted by Gasteiger charge is -2.39. The number of carbonyl (C=O) groups excluding carboxylic acids is 3. The molecule has 1 saturated heterocycles. The number of ether oxygens (including phenoxy) is 4. The lowest BCUT2D eigenvalue weighted by Crippen LogP contribution is -2.55. The summed E-state index contributed by atoms with van der Waals surface area (Å²) in [5.41, 5.74) is 0.375. The Balaban J connectivity index is 1.91. The molecule has 0 saturated carbocycles. The van der Waals surface area contributed by atoms with E-state index in [-0.39, 0.29) is 11.5 Å². The number of pyridine rings is 2. The smallest absolute Gasteiger partial charge is 0.303 e. The molecule has 9 nitrogen and oxygen atoms in total. The highest BCUT2D eigenvalue weighted by Crippen LogP contribution is 2.35. The molecule has 3 heterocycles. The van der Waals surface area contributed by atoms with E-state index in [0.29, 0.717) is 5.56 Å². The van der Waals surface area contributed by atoms with Gasteiger partial charge in [-0.3, -0.25) is 19.4 Å². The van der Waals surface area contributed by atoms with Crippen LogP contribution in [0.3, 0.4) is 0 Å². The number of hydrogen-bond acceptors (Lipinski definition) is 10. The van der Waals surface area contributed by atoms with E-state index >= 15 is 0 Å². The van der Waals surface area contributed by atoms with Crippen molar-refractivity contribution < 1.29 is 37.7 Å². The van der Waals surface area contributed by atoms with Crippen LogP contribution < -0.4 is 4.74 Å². The lowest BCUT2D eigenvalue weighted by molar-refractivity contribution is -0.186. The molecule has 2 aromatic rings. The predicted octanol–water partition coefficient (Wildman–Crippen LogP) is 2.53. The third-order valence-corrected chi connectivity index (χ3v) is 5.58. The Labute approximate surface area is 187 Å². The van der Waals surface area contributed by atoms with Crippen LogP contribution in [0.4, 0.5) is 4.39 Å². The quantitative estimate of drug-likeness (QED) is 0.359. The summed E-state index contributed by atoms with van der Waals surface area (Å²) in [6, 6.07) is 4.92.